The Labute approximate surface area is 288 Å². The number of aromatic carboxylic acids is 1. The largest absolute Gasteiger partial charge is 0.487 e. The average Bonchev–Trinajstić information content (AvgIpc) is 3.80. The topological polar surface area (TPSA) is 141 Å². The van der Waals surface area contributed by atoms with Gasteiger partial charge < -0.3 is 18.7 Å². The summed E-state index contributed by atoms with van der Waals surface area (Å²) < 4.78 is 18.3. The molecule has 0 aliphatic carbocycles. The zero-order valence-electron chi connectivity index (χ0n) is 28.1. The van der Waals surface area contributed by atoms with Crippen molar-refractivity contribution in [3.05, 3.63) is 155 Å². The Bertz CT molecular complexity index is 2240. The molecule has 0 amide bonds. The second-order valence-corrected chi connectivity index (χ2v) is 11.7. The Morgan fingerprint density at radius 1 is 0.780 bits per heavy atom. The summed E-state index contributed by atoms with van der Waals surface area (Å²) in [6.45, 7) is 7.70. The molecule has 0 saturated heterocycles. The first-order valence-electron chi connectivity index (χ1n) is 15.9. The number of hydrogen-bond donors (Lipinski definition) is 2. The van der Waals surface area contributed by atoms with E-state index in [2.05, 4.69) is 15.2 Å². The van der Waals surface area contributed by atoms with Crippen molar-refractivity contribution in [3.63, 3.8) is 0 Å². The maximum absolute atomic E-state index is 11.8. The van der Waals surface area contributed by atoms with Crippen molar-refractivity contribution < 1.29 is 33.4 Å². The second kappa shape index (κ2) is 14.7. The Hall–Kier alpha value is -6.49. The normalized spacial score (nSPS) is 10.8. The fourth-order valence-corrected chi connectivity index (χ4v) is 5.17. The molecule has 0 aliphatic heterocycles. The lowest BCUT2D eigenvalue weighted by Gasteiger charge is -2.07. The minimum absolute atomic E-state index is 0.0745. The van der Waals surface area contributed by atoms with Crippen LogP contribution in [0, 0.1) is 27.7 Å². The highest BCUT2D eigenvalue weighted by Gasteiger charge is 2.25. The quantitative estimate of drug-likeness (QED) is 0.118. The lowest BCUT2D eigenvalue weighted by Crippen LogP contribution is -2.33. The number of carboxylic acid groups (broad SMARTS) is 1. The van der Waals surface area contributed by atoms with Gasteiger partial charge in [0, 0.05) is 25.8 Å². The number of carbonyl (C=O) groups is 1. The highest BCUT2D eigenvalue weighted by Crippen LogP contribution is 2.24. The highest BCUT2D eigenvalue weighted by atomic mass is 16.5. The molecule has 50 heavy (non-hydrogen) atoms. The van der Waals surface area contributed by atoms with Gasteiger partial charge in [-0.25, -0.2) is 9.78 Å². The number of benzene rings is 4. The van der Waals surface area contributed by atoms with Crippen molar-refractivity contribution >= 4 is 5.97 Å². The summed E-state index contributed by atoms with van der Waals surface area (Å²) in [5.41, 5.74) is 6.11. The van der Waals surface area contributed by atoms with Crippen LogP contribution in [0.1, 0.15) is 50.2 Å². The van der Waals surface area contributed by atoms with Gasteiger partial charge in [-0.15, -0.1) is 5.10 Å². The van der Waals surface area contributed by atoms with Crippen LogP contribution in [0.3, 0.4) is 0 Å². The third-order valence-corrected chi connectivity index (χ3v) is 7.97. The lowest BCUT2D eigenvalue weighted by atomic mass is 10.1. The molecular formula is C39H36N5O6+. The van der Waals surface area contributed by atoms with Crippen LogP contribution in [-0.2, 0) is 13.0 Å². The van der Waals surface area contributed by atoms with Gasteiger partial charge in [-0.1, -0.05) is 60.7 Å². The molecular weight excluding hydrogens is 634 g/mol. The van der Waals surface area contributed by atoms with Gasteiger partial charge in [-0.2, -0.15) is 9.90 Å². The first kappa shape index (κ1) is 33.4. The Balaban J connectivity index is 0.000000257. The third-order valence-electron chi connectivity index (χ3n) is 7.97. The Morgan fingerprint density at radius 2 is 1.48 bits per heavy atom. The van der Waals surface area contributed by atoms with Crippen LogP contribution in [-0.4, -0.2) is 36.3 Å². The van der Waals surface area contributed by atoms with Gasteiger partial charge >= 0.3 is 11.9 Å². The fraction of sp³-hybridized carbons (Fsp3) is 0.154. The van der Waals surface area contributed by atoms with Gasteiger partial charge in [0.2, 0.25) is 5.89 Å². The van der Waals surface area contributed by atoms with Gasteiger partial charge in [0.15, 0.2) is 11.5 Å². The number of nitrogens with zero attached hydrogens (tertiary/aromatic N) is 5. The van der Waals surface area contributed by atoms with Crippen LogP contribution in [0.4, 0.5) is 0 Å². The predicted molar refractivity (Wildman–Crippen MR) is 184 cm³/mol. The number of oxazole rings is 2. The minimum Gasteiger partial charge on any atom is -0.487 e. The van der Waals surface area contributed by atoms with Crippen LogP contribution in [0.15, 0.2) is 118 Å². The molecule has 2 N–H and O–H groups in total. The van der Waals surface area contributed by atoms with Crippen LogP contribution < -0.4 is 9.47 Å². The molecule has 4 aromatic carbocycles. The van der Waals surface area contributed by atoms with Gasteiger partial charge in [-0.3, -0.25) is 5.21 Å². The zero-order valence-corrected chi connectivity index (χ0v) is 28.1. The van der Waals surface area contributed by atoms with Crippen molar-refractivity contribution in [1.29, 1.82) is 0 Å². The monoisotopic (exact) mass is 670 g/mol. The number of carboxylic acids is 1. The van der Waals surface area contributed by atoms with E-state index in [0.717, 1.165) is 38.4 Å². The summed E-state index contributed by atoms with van der Waals surface area (Å²) in [7, 11) is 0. The third kappa shape index (κ3) is 7.63. The van der Waals surface area contributed by atoms with E-state index in [0.29, 0.717) is 46.8 Å². The summed E-state index contributed by atoms with van der Waals surface area (Å²) in [5.74, 6) is 1.97. The molecule has 0 aliphatic rings. The number of ether oxygens (including phenoxy) is 1. The first-order chi connectivity index (χ1) is 24.2. The van der Waals surface area contributed by atoms with E-state index < -0.39 is 5.97 Å². The Morgan fingerprint density at radius 3 is 2.14 bits per heavy atom. The number of hydrogen-bond acceptors (Lipinski definition) is 8. The minimum atomic E-state index is -1.12. The molecule has 0 saturated carbocycles. The maximum atomic E-state index is 11.8. The summed E-state index contributed by atoms with van der Waals surface area (Å²) in [4.78, 5) is 17.8. The molecule has 0 unspecified atom stereocenters. The first-order valence-corrected chi connectivity index (χ1v) is 15.9. The fourth-order valence-electron chi connectivity index (χ4n) is 5.17. The van der Waals surface area contributed by atoms with E-state index in [1.54, 1.807) is 0 Å². The molecule has 0 bridgehead atoms. The molecule has 0 fully saturated rings. The van der Waals surface area contributed by atoms with E-state index in [1.165, 1.54) is 4.80 Å². The predicted octanol–water partition coefficient (Wildman–Crippen LogP) is 7.50. The molecule has 11 heteroatoms. The van der Waals surface area contributed by atoms with Gasteiger partial charge in [0.25, 0.3) is 5.69 Å². The molecule has 7 aromatic rings. The van der Waals surface area contributed by atoms with E-state index in [1.807, 2.05) is 137 Å². The lowest BCUT2D eigenvalue weighted by molar-refractivity contribution is -0.901. The molecule has 0 radical (unpaired) electrons. The summed E-state index contributed by atoms with van der Waals surface area (Å²) in [5, 5.41) is 28.0. The number of rotatable bonds is 9. The molecule has 3 aromatic heterocycles. The summed E-state index contributed by atoms with van der Waals surface area (Å²) in [6, 6.07) is 34.3. The molecule has 11 nitrogen and oxygen atoms in total. The van der Waals surface area contributed by atoms with Crippen molar-refractivity contribution in [2.45, 2.75) is 40.7 Å². The maximum Gasteiger partial charge on any atom is 0.429 e. The van der Waals surface area contributed by atoms with Crippen LogP contribution in [0.2, 0.25) is 0 Å². The number of aromatic nitrogens is 5. The van der Waals surface area contributed by atoms with Crippen molar-refractivity contribution in [2.75, 3.05) is 0 Å². The van der Waals surface area contributed by atoms with Gasteiger partial charge in [0.05, 0.1) is 16.0 Å². The molecule has 0 spiro atoms. The van der Waals surface area contributed by atoms with Gasteiger partial charge in [0.1, 0.15) is 29.5 Å². The SMILES string of the molecule is Cc1cccc(-n2nc(Cc3cccc(OCc4nc(-c5ccccc5)oc4C)c3)c(C(=O)O)n2)c1.Cc1oc(-c2ccccc2)[n+](O)c1C. The molecule has 0 atom stereocenters. The van der Waals surface area contributed by atoms with Crippen molar-refractivity contribution in [1.82, 2.24) is 20.0 Å². The van der Waals surface area contributed by atoms with E-state index in [9.17, 15) is 15.1 Å². The molecule has 3 heterocycles. The molecule has 7 rings (SSSR count). The Kier molecular flexibility index (Phi) is 9.85. The van der Waals surface area contributed by atoms with Crippen LogP contribution >= 0.6 is 0 Å². The summed E-state index contributed by atoms with van der Waals surface area (Å²) in [6.07, 6.45) is 0.297. The highest BCUT2D eigenvalue weighted by molar-refractivity contribution is 5.86. The van der Waals surface area contributed by atoms with Crippen molar-refractivity contribution in [3.8, 4) is 34.3 Å². The average molecular weight is 671 g/mol. The van der Waals surface area contributed by atoms with E-state index in [4.69, 9.17) is 13.6 Å². The van der Waals surface area contributed by atoms with Crippen LogP contribution in [0.25, 0.3) is 28.6 Å². The summed E-state index contributed by atoms with van der Waals surface area (Å²) >= 11 is 0. The number of aryl methyl sites for hydroxylation is 3. The molecule has 252 valence electrons. The van der Waals surface area contributed by atoms with E-state index >= 15 is 0 Å². The second-order valence-electron chi connectivity index (χ2n) is 11.7. The smallest absolute Gasteiger partial charge is 0.429 e. The standard InChI is InChI=1S/C28H24N4O4.C11H12NO2/c1-18-8-6-12-22(14-18)32-30-24(26(31-32)28(33)34)16-20-9-7-13-23(15-20)35-17-25-19(2)36-27(29-25)21-10-4-3-5-11-21;1-8-9(2)14-11(12(8)13)10-6-4-3-5-7-10/h3-15H,16-17H2,1-2H3,(H,33,34);3-7,13H,1-2H3/q;+1. The zero-order chi connectivity index (χ0) is 35.2. The van der Waals surface area contributed by atoms with Crippen molar-refractivity contribution in [2.24, 2.45) is 0 Å². The van der Waals surface area contributed by atoms with Crippen LogP contribution in [0.5, 0.6) is 5.75 Å². The van der Waals surface area contributed by atoms with Gasteiger partial charge in [-0.05, 0) is 73.5 Å². The van der Waals surface area contributed by atoms with E-state index in [-0.39, 0.29) is 12.3 Å².